The summed E-state index contributed by atoms with van der Waals surface area (Å²) in [6.45, 7) is 13.1. The number of aryl methyl sites for hydroxylation is 2. The summed E-state index contributed by atoms with van der Waals surface area (Å²) in [5, 5.41) is 7.53. The molecule has 0 saturated heterocycles. The van der Waals surface area contributed by atoms with Gasteiger partial charge in [-0.05, 0) is 44.7 Å². The molecule has 0 aliphatic heterocycles. The Morgan fingerprint density at radius 1 is 1.21 bits per heavy atom. The molecule has 0 spiro atoms. The molecule has 0 unspecified atom stereocenters. The van der Waals surface area contributed by atoms with Crippen molar-refractivity contribution in [1.82, 2.24) is 15.1 Å². The summed E-state index contributed by atoms with van der Waals surface area (Å²) < 4.78 is 7.51. The number of hydrogen-bond acceptors (Lipinski definition) is 3. The highest BCUT2D eigenvalue weighted by molar-refractivity contribution is 5.91. The second-order valence-electron chi connectivity index (χ2n) is 7.67. The number of carbonyl (C=O) groups excluding carboxylic acids is 1. The molecule has 1 aromatic carbocycles. The van der Waals surface area contributed by atoms with Gasteiger partial charge in [-0.25, -0.2) is 0 Å². The average Bonchev–Trinajstić information content (AvgIpc) is 2.91. The van der Waals surface area contributed by atoms with E-state index in [1.807, 2.05) is 24.6 Å². The number of carbonyl (C=O) groups is 1. The van der Waals surface area contributed by atoms with Crippen molar-refractivity contribution in [2.24, 2.45) is 5.92 Å². The number of hydrogen-bond donors (Lipinski definition) is 1. The second-order valence-corrected chi connectivity index (χ2v) is 7.67. The SMILES string of the molecule is Cc1ccc(Cn2nc(C)c(/C=C/C(=O)NCCCOCC(C)C)c2C)cc1. The summed E-state index contributed by atoms with van der Waals surface area (Å²) >= 11 is 0. The molecule has 0 aliphatic rings. The van der Waals surface area contributed by atoms with Crippen LogP contribution in [0.4, 0.5) is 0 Å². The Balaban J connectivity index is 1.86. The maximum absolute atomic E-state index is 12.0. The van der Waals surface area contributed by atoms with Gasteiger partial charge in [0.15, 0.2) is 0 Å². The lowest BCUT2D eigenvalue weighted by Crippen LogP contribution is -2.23. The van der Waals surface area contributed by atoms with Crippen LogP contribution in [0.1, 0.15) is 48.3 Å². The molecule has 5 heteroatoms. The molecule has 0 saturated carbocycles. The first kappa shape index (κ1) is 21.9. The summed E-state index contributed by atoms with van der Waals surface area (Å²) in [5.41, 5.74) is 5.45. The first-order chi connectivity index (χ1) is 13.4. The topological polar surface area (TPSA) is 56.2 Å². The van der Waals surface area contributed by atoms with E-state index in [0.29, 0.717) is 19.1 Å². The van der Waals surface area contributed by atoms with Crippen LogP contribution in [0, 0.1) is 26.7 Å². The van der Waals surface area contributed by atoms with Crippen molar-refractivity contribution in [2.75, 3.05) is 19.8 Å². The van der Waals surface area contributed by atoms with Crippen molar-refractivity contribution in [3.8, 4) is 0 Å². The Hall–Kier alpha value is -2.40. The fourth-order valence-corrected chi connectivity index (χ4v) is 2.90. The maximum Gasteiger partial charge on any atom is 0.244 e. The van der Waals surface area contributed by atoms with E-state index in [-0.39, 0.29) is 5.91 Å². The number of nitrogens with zero attached hydrogens (tertiary/aromatic N) is 2. The van der Waals surface area contributed by atoms with Crippen molar-refractivity contribution >= 4 is 12.0 Å². The Bertz CT molecular complexity index is 789. The molecular formula is C23H33N3O2. The number of benzene rings is 1. The Kier molecular flexibility index (Phi) is 8.45. The third kappa shape index (κ3) is 6.97. The molecular weight excluding hydrogens is 350 g/mol. The van der Waals surface area contributed by atoms with Crippen LogP contribution in [0.3, 0.4) is 0 Å². The van der Waals surface area contributed by atoms with Gasteiger partial charge < -0.3 is 10.1 Å². The zero-order valence-electron chi connectivity index (χ0n) is 17.8. The predicted octanol–water partition coefficient (Wildman–Crippen LogP) is 4.05. The van der Waals surface area contributed by atoms with Gasteiger partial charge >= 0.3 is 0 Å². The van der Waals surface area contributed by atoms with Gasteiger partial charge in [-0.1, -0.05) is 43.7 Å². The number of rotatable bonds is 10. The summed E-state index contributed by atoms with van der Waals surface area (Å²) in [6, 6.07) is 8.47. The minimum atomic E-state index is -0.0889. The summed E-state index contributed by atoms with van der Waals surface area (Å²) in [7, 11) is 0. The van der Waals surface area contributed by atoms with Crippen molar-refractivity contribution in [1.29, 1.82) is 0 Å². The van der Waals surface area contributed by atoms with E-state index in [1.165, 1.54) is 11.1 Å². The van der Waals surface area contributed by atoms with Crippen LogP contribution in [0.15, 0.2) is 30.3 Å². The molecule has 0 radical (unpaired) electrons. The molecule has 1 aromatic heterocycles. The van der Waals surface area contributed by atoms with Gasteiger partial charge in [-0.15, -0.1) is 0 Å². The zero-order valence-corrected chi connectivity index (χ0v) is 17.8. The average molecular weight is 384 g/mol. The fraction of sp³-hybridized carbons (Fsp3) is 0.478. The first-order valence-corrected chi connectivity index (χ1v) is 10.00. The number of ether oxygens (including phenoxy) is 1. The number of aromatic nitrogens is 2. The lowest BCUT2D eigenvalue weighted by molar-refractivity contribution is -0.116. The minimum Gasteiger partial charge on any atom is -0.381 e. The molecule has 0 fully saturated rings. The molecule has 2 rings (SSSR count). The van der Waals surface area contributed by atoms with Gasteiger partial charge in [0.2, 0.25) is 5.91 Å². The molecule has 1 heterocycles. The van der Waals surface area contributed by atoms with Crippen molar-refractivity contribution in [3.05, 3.63) is 58.4 Å². The Morgan fingerprint density at radius 3 is 2.61 bits per heavy atom. The van der Waals surface area contributed by atoms with Gasteiger partial charge in [0.25, 0.3) is 0 Å². The summed E-state index contributed by atoms with van der Waals surface area (Å²) in [4.78, 5) is 12.0. The van der Waals surface area contributed by atoms with Crippen LogP contribution >= 0.6 is 0 Å². The molecule has 0 aliphatic carbocycles. The van der Waals surface area contributed by atoms with Gasteiger partial charge in [-0.2, -0.15) is 5.10 Å². The van der Waals surface area contributed by atoms with Crippen molar-refractivity contribution in [2.45, 2.75) is 47.6 Å². The third-order valence-corrected chi connectivity index (χ3v) is 4.51. The molecule has 1 N–H and O–H groups in total. The molecule has 5 nitrogen and oxygen atoms in total. The summed E-state index contributed by atoms with van der Waals surface area (Å²) in [6.07, 6.45) is 4.26. The molecule has 0 bridgehead atoms. The van der Waals surface area contributed by atoms with E-state index in [2.05, 4.69) is 55.5 Å². The first-order valence-electron chi connectivity index (χ1n) is 10.00. The summed E-state index contributed by atoms with van der Waals surface area (Å²) in [5.74, 6) is 0.449. The standard InChI is InChI=1S/C23H33N3O2/c1-17(2)16-28-14-6-13-24-23(27)12-11-22-19(4)25-26(20(22)5)15-21-9-7-18(3)8-10-21/h7-12,17H,6,13-16H2,1-5H3,(H,24,27)/b12-11+. The molecule has 28 heavy (non-hydrogen) atoms. The third-order valence-electron chi connectivity index (χ3n) is 4.51. The minimum absolute atomic E-state index is 0.0889. The van der Waals surface area contributed by atoms with E-state index in [4.69, 9.17) is 4.74 Å². The normalized spacial score (nSPS) is 11.5. The van der Waals surface area contributed by atoms with Gasteiger partial charge in [-0.3, -0.25) is 9.48 Å². The van der Waals surface area contributed by atoms with E-state index < -0.39 is 0 Å². The van der Waals surface area contributed by atoms with Crippen LogP contribution in [0.25, 0.3) is 6.08 Å². The van der Waals surface area contributed by atoms with Crippen LogP contribution in [0.5, 0.6) is 0 Å². The van der Waals surface area contributed by atoms with Crippen LogP contribution in [-0.2, 0) is 16.1 Å². The lowest BCUT2D eigenvalue weighted by atomic mass is 10.1. The van der Waals surface area contributed by atoms with Gasteiger partial charge in [0, 0.05) is 37.1 Å². The van der Waals surface area contributed by atoms with Crippen molar-refractivity contribution in [3.63, 3.8) is 0 Å². The Morgan fingerprint density at radius 2 is 1.93 bits per heavy atom. The largest absolute Gasteiger partial charge is 0.381 e. The molecule has 1 amide bonds. The highest BCUT2D eigenvalue weighted by Crippen LogP contribution is 2.16. The van der Waals surface area contributed by atoms with Crippen LogP contribution in [-0.4, -0.2) is 35.4 Å². The highest BCUT2D eigenvalue weighted by Gasteiger charge is 2.10. The van der Waals surface area contributed by atoms with Crippen LogP contribution in [0.2, 0.25) is 0 Å². The molecule has 152 valence electrons. The van der Waals surface area contributed by atoms with Crippen LogP contribution < -0.4 is 5.32 Å². The fourth-order valence-electron chi connectivity index (χ4n) is 2.90. The lowest BCUT2D eigenvalue weighted by Gasteiger charge is -2.06. The predicted molar refractivity (Wildman–Crippen MR) is 114 cm³/mol. The maximum atomic E-state index is 12.0. The Labute approximate surface area is 168 Å². The van der Waals surface area contributed by atoms with E-state index >= 15 is 0 Å². The van der Waals surface area contributed by atoms with E-state index in [9.17, 15) is 4.79 Å². The number of nitrogens with one attached hydrogen (secondary N) is 1. The van der Waals surface area contributed by atoms with Gasteiger partial charge in [0.05, 0.1) is 12.2 Å². The smallest absolute Gasteiger partial charge is 0.244 e. The zero-order chi connectivity index (χ0) is 20.5. The quantitative estimate of drug-likeness (QED) is 0.497. The molecule has 2 aromatic rings. The second kappa shape index (κ2) is 10.8. The van der Waals surface area contributed by atoms with E-state index in [0.717, 1.165) is 36.5 Å². The van der Waals surface area contributed by atoms with Crippen molar-refractivity contribution < 1.29 is 9.53 Å². The molecule has 0 atom stereocenters. The van der Waals surface area contributed by atoms with Gasteiger partial charge in [0.1, 0.15) is 0 Å². The van der Waals surface area contributed by atoms with E-state index in [1.54, 1.807) is 6.08 Å². The monoisotopic (exact) mass is 383 g/mol. The highest BCUT2D eigenvalue weighted by atomic mass is 16.5. The number of amides is 1.